The van der Waals surface area contributed by atoms with E-state index in [1.165, 1.54) is 0 Å². The summed E-state index contributed by atoms with van der Waals surface area (Å²) in [5.41, 5.74) is 0. The quantitative estimate of drug-likeness (QED) is 0.589. The summed E-state index contributed by atoms with van der Waals surface area (Å²) in [6.07, 6.45) is 0.528. The normalized spacial score (nSPS) is 9.64. The largest absolute Gasteiger partial charge is 0.342 e. The predicted molar refractivity (Wildman–Crippen MR) is 38.6 cm³/mol. The minimum atomic E-state index is 0.0142. The first-order valence-electron chi connectivity index (χ1n) is 3.28. The lowest BCUT2D eigenvalue weighted by atomic mass is 10.6. The Kier molecular flexibility index (Phi) is 2.20. The van der Waals surface area contributed by atoms with Gasteiger partial charge in [0, 0.05) is 13.6 Å². The van der Waals surface area contributed by atoms with E-state index in [0.717, 1.165) is 6.54 Å². The van der Waals surface area contributed by atoms with Crippen LogP contribution in [0.15, 0.2) is 4.52 Å². The lowest BCUT2D eigenvalue weighted by molar-refractivity contribution is 0.108. The van der Waals surface area contributed by atoms with E-state index in [4.69, 9.17) is 0 Å². The van der Waals surface area contributed by atoms with Crippen molar-refractivity contribution in [1.29, 1.82) is 0 Å². The summed E-state index contributed by atoms with van der Waals surface area (Å²) >= 11 is 0. The van der Waals surface area contributed by atoms with Crippen LogP contribution in [-0.4, -0.2) is 30.0 Å². The van der Waals surface area contributed by atoms with Gasteiger partial charge in [0.2, 0.25) is 6.29 Å². The zero-order valence-corrected chi connectivity index (χ0v) is 6.44. The van der Waals surface area contributed by atoms with Crippen molar-refractivity contribution >= 4 is 12.2 Å². The molecule has 1 rings (SSSR count). The van der Waals surface area contributed by atoms with E-state index in [1.54, 1.807) is 4.90 Å². The van der Waals surface area contributed by atoms with Crippen molar-refractivity contribution < 1.29 is 9.32 Å². The van der Waals surface area contributed by atoms with Crippen molar-refractivity contribution in [3.05, 3.63) is 5.89 Å². The number of hydrogen-bond acceptors (Lipinski definition) is 5. The van der Waals surface area contributed by atoms with Crippen LogP contribution in [0, 0.1) is 0 Å². The van der Waals surface area contributed by atoms with Crippen LogP contribution in [0.25, 0.3) is 0 Å². The van der Waals surface area contributed by atoms with E-state index >= 15 is 0 Å². The molecule has 0 amide bonds. The number of hydrogen-bond donors (Lipinski definition) is 0. The molecule has 0 atom stereocenters. The summed E-state index contributed by atoms with van der Waals surface area (Å²) in [4.78, 5) is 15.7. The monoisotopic (exact) mass is 155 g/mol. The molecule has 0 aliphatic rings. The molecule has 0 spiro atoms. The van der Waals surface area contributed by atoms with Crippen LogP contribution >= 0.6 is 0 Å². The second-order valence-electron chi connectivity index (χ2n) is 2.06. The van der Waals surface area contributed by atoms with E-state index in [2.05, 4.69) is 14.7 Å². The van der Waals surface area contributed by atoms with E-state index < -0.39 is 0 Å². The number of aldehydes is 1. The highest BCUT2D eigenvalue weighted by molar-refractivity contribution is 5.67. The molecular formula is C6H9N3O2. The smallest absolute Gasteiger partial charge is 0.292 e. The van der Waals surface area contributed by atoms with Gasteiger partial charge in [0.25, 0.3) is 11.8 Å². The molecule has 0 radical (unpaired) electrons. The molecule has 0 saturated heterocycles. The highest BCUT2D eigenvalue weighted by Gasteiger charge is 2.06. The molecule has 1 aromatic rings. The van der Waals surface area contributed by atoms with Gasteiger partial charge in [-0.25, -0.2) is 0 Å². The number of aromatic nitrogens is 2. The standard InChI is InChI=1S/C6H9N3O2/c1-3-9(2)6-7-5(4-10)11-8-6/h4H,3H2,1-2H3. The molecule has 0 bridgehead atoms. The number of anilines is 1. The van der Waals surface area contributed by atoms with Crippen molar-refractivity contribution in [2.75, 3.05) is 18.5 Å². The summed E-state index contributed by atoms with van der Waals surface area (Å²) in [6.45, 7) is 2.73. The molecule has 0 aromatic carbocycles. The van der Waals surface area contributed by atoms with E-state index in [0.29, 0.717) is 12.2 Å². The Balaban J connectivity index is 2.79. The first-order valence-corrected chi connectivity index (χ1v) is 3.28. The number of carbonyl (C=O) groups excluding carboxylic acids is 1. The van der Waals surface area contributed by atoms with Crippen LogP contribution in [0.5, 0.6) is 0 Å². The number of nitrogens with zero attached hydrogens (tertiary/aromatic N) is 3. The highest BCUT2D eigenvalue weighted by atomic mass is 16.5. The van der Waals surface area contributed by atoms with Crippen LogP contribution in [0.4, 0.5) is 5.95 Å². The van der Waals surface area contributed by atoms with E-state index in [9.17, 15) is 4.79 Å². The summed E-state index contributed by atoms with van der Waals surface area (Å²) in [5.74, 6) is 0.454. The van der Waals surface area contributed by atoms with E-state index in [1.807, 2.05) is 14.0 Å². The molecule has 0 unspecified atom stereocenters. The fourth-order valence-corrected chi connectivity index (χ4v) is 0.571. The van der Waals surface area contributed by atoms with Crippen molar-refractivity contribution in [3.63, 3.8) is 0 Å². The summed E-state index contributed by atoms with van der Waals surface area (Å²) < 4.78 is 4.57. The Bertz CT molecular complexity index is 246. The Morgan fingerprint density at radius 1 is 1.73 bits per heavy atom. The number of rotatable bonds is 3. The number of carbonyl (C=O) groups is 1. The molecule has 5 nitrogen and oxygen atoms in total. The van der Waals surface area contributed by atoms with E-state index in [-0.39, 0.29) is 5.89 Å². The SMILES string of the molecule is CCN(C)c1noc(C=O)n1. The fourth-order valence-electron chi connectivity index (χ4n) is 0.571. The molecule has 1 heterocycles. The van der Waals surface area contributed by atoms with Gasteiger partial charge in [-0.3, -0.25) is 4.79 Å². The van der Waals surface area contributed by atoms with Gasteiger partial charge in [0.1, 0.15) is 0 Å². The van der Waals surface area contributed by atoms with Crippen LogP contribution in [0.3, 0.4) is 0 Å². The van der Waals surface area contributed by atoms with Crippen molar-refractivity contribution in [1.82, 2.24) is 10.1 Å². The van der Waals surface area contributed by atoms with Crippen molar-refractivity contribution in [2.24, 2.45) is 0 Å². The van der Waals surface area contributed by atoms with Gasteiger partial charge in [-0.15, -0.1) is 0 Å². The molecule has 0 aliphatic heterocycles. The first-order chi connectivity index (χ1) is 5.27. The minimum Gasteiger partial charge on any atom is -0.342 e. The van der Waals surface area contributed by atoms with Gasteiger partial charge in [0.05, 0.1) is 0 Å². The van der Waals surface area contributed by atoms with Gasteiger partial charge < -0.3 is 9.42 Å². The summed E-state index contributed by atoms with van der Waals surface area (Å²) in [6, 6.07) is 0. The van der Waals surface area contributed by atoms with Gasteiger partial charge in [-0.05, 0) is 12.1 Å². The zero-order valence-electron chi connectivity index (χ0n) is 6.44. The molecular weight excluding hydrogens is 146 g/mol. The fraction of sp³-hybridized carbons (Fsp3) is 0.500. The average Bonchev–Trinajstić information content (AvgIpc) is 2.50. The molecule has 5 heteroatoms. The molecule has 0 saturated carbocycles. The topological polar surface area (TPSA) is 59.2 Å². The highest BCUT2D eigenvalue weighted by Crippen LogP contribution is 2.04. The van der Waals surface area contributed by atoms with Gasteiger partial charge in [-0.1, -0.05) is 0 Å². The average molecular weight is 155 g/mol. The minimum absolute atomic E-state index is 0.0142. The Hall–Kier alpha value is -1.39. The third-order valence-electron chi connectivity index (χ3n) is 1.35. The third kappa shape index (κ3) is 1.54. The van der Waals surface area contributed by atoms with Crippen molar-refractivity contribution in [2.45, 2.75) is 6.92 Å². The Morgan fingerprint density at radius 2 is 2.45 bits per heavy atom. The maximum atomic E-state index is 10.1. The summed E-state index contributed by atoms with van der Waals surface area (Å²) in [5, 5.41) is 3.57. The second-order valence-corrected chi connectivity index (χ2v) is 2.06. The summed E-state index contributed by atoms with van der Waals surface area (Å²) in [7, 11) is 1.82. The van der Waals surface area contributed by atoms with Crippen LogP contribution in [0.2, 0.25) is 0 Å². The van der Waals surface area contributed by atoms with Crippen molar-refractivity contribution in [3.8, 4) is 0 Å². The van der Waals surface area contributed by atoms with Crippen LogP contribution in [0.1, 0.15) is 17.6 Å². The van der Waals surface area contributed by atoms with Gasteiger partial charge in [0.15, 0.2) is 0 Å². The predicted octanol–water partition coefficient (Wildman–Crippen LogP) is 0.338. The Morgan fingerprint density at radius 3 is 2.91 bits per heavy atom. The first kappa shape index (κ1) is 7.71. The van der Waals surface area contributed by atoms with Crippen LogP contribution in [-0.2, 0) is 0 Å². The molecule has 0 N–H and O–H groups in total. The Labute approximate surface area is 64.0 Å². The maximum Gasteiger partial charge on any atom is 0.292 e. The molecule has 1 aromatic heterocycles. The maximum absolute atomic E-state index is 10.1. The lowest BCUT2D eigenvalue weighted by Gasteiger charge is -2.08. The molecule has 0 fully saturated rings. The lowest BCUT2D eigenvalue weighted by Crippen LogP contribution is -2.17. The molecule has 11 heavy (non-hydrogen) atoms. The second kappa shape index (κ2) is 3.14. The third-order valence-corrected chi connectivity index (χ3v) is 1.35. The molecule has 0 aliphatic carbocycles. The zero-order chi connectivity index (χ0) is 8.27. The van der Waals surface area contributed by atoms with Gasteiger partial charge in [-0.2, -0.15) is 4.98 Å². The van der Waals surface area contributed by atoms with Gasteiger partial charge >= 0.3 is 0 Å². The van der Waals surface area contributed by atoms with Crippen LogP contribution < -0.4 is 4.90 Å². The molecule has 60 valence electrons.